The van der Waals surface area contributed by atoms with Crippen LogP contribution in [0.2, 0.25) is 0 Å². The Morgan fingerprint density at radius 2 is 1.70 bits per heavy atom. The number of methoxy groups -OCH3 is 1. The fraction of sp³-hybridized carbons (Fsp3) is 0.625. The van der Waals surface area contributed by atoms with Crippen LogP contribution in [-0.4, -0.2) is 39.5 Å². The summed E-state index contributed by atoms with van der Waals surface area (Å²) in [5, 5.41) is 3.52. The Balaban J connectivity index is 1.46. The van der Waals surface area contributed by atoms with Crippen molar-refractivity contribution in [1.29, 1.82) is 0 Å². The van der Waals surface area contributed by atoms with Gasteiger partial charge in [0.05, 0.1) is 20.3 Å². The van der Waals surface area contributed by atoms with Crippen molar-refractivity contribution in [2.75, 3.05) is 33.5 Å². The van der Waals surface area contributed by atoms with Gasteiger partial charge in [-0.15, -0.1) is 0 Å². The van der Waals surface area contributed by atoms with Gasteiger partial charge in [0.2, 0.25) is 0 Å². The SMILES string of the molecule is COc1ccc(OCCOCCNC2CCCC2)cc1. The Kier molecular flexibility index (Phi) is 6.68. The van der Waals surface area contributed by atoms with Gasteiger partial charge in [0, 0.05) is 12.6 Å². The van der Waals surface area contributed by atoms with E-state index in [1.165, 1.54) is 25.7 Å². The maximum absolute atomic E-state index is 5.58. The van der Waals surface area contributed by atoms with Gasteiger partial charge in [-0.1, -0.05) is 12.8 Å². The Bertz CT molecular complexity index is 360. The molecule has 0 aromatic heterocycles. The molecule has 0 heterocycles. The molecule has 1 aliphatic rings. The summed E-state index contributed by atoms with van der Waals surface area (Å²) in [6.07, 6.45) is 5.38. The minimum absolute atomic E-state index is 0.579. The van der Waals surface area contributed by atoms with Crippen molar-refractivity contribution in [3.8, 4) is 11.5 Å². The van der Waals surface area contributed by atoms with Crippen molar-refractivity contribution in [3.63, 3.8) is 0 Å². The third-order valence-electron chi connectivity index (χ3n) is 3.59. The first-order valence-electron chi connectivity index (χ1n) is 7.46. The number of benzene rings is 1. The van der Waals surface area contributed by atoms with Crippen LogP contribution in [0.3, 0.4) is 0 Å². The predicted molar refractivity (Wildman–Crippen MR) is 79.6 cm³/mol. The number of nitrogens with one attached hydrogen (secondary N) is 1. The highest BCUT2D eigenvalue weighted by Gasteiger charge is 2.13. The monoisotopic (exact) mass is 279 g/mol. The quantitative estimate of drug-likeness (QED) is 0.705. The molecule has 20 heavy (non-hydrogen) atoms. The van der Waals surface area contributed by atoms with Gasteiger partial charge >= 0.3 is 0 Å². The minimum Gasteiger partial charge on any atom is -0.497 e. The number of hydrogen-bond acceptors (Lipinski definition) is 4. The number of hydrogen-bond donors (Lipinski definition) is 1. The predicted octanol–water partition coefficient (Wildman–Crippen LogP) is 2.62. The lowest BCUT2D eigenvalue weighted by Gasteiger charge is -2.12. The van der Waals surface area contributed by atoms with E-state index in [1.807, 2.05) is 24.3 Å². The molecular weight excluding hydrogens is 254 g/mol. The van der Waals surface area contributed by atoms with E-state index in [2.05, 4.69) is 5.32 Å². The molecule has 0 unspecified atom stereocenters. The first-order valence-corrected chi connectivity index (χ1v) is 7.46. The summed E-state index contributed by atoms with van der Waals surface area (Å²) in [5.74, 6) is 1.69. The normalized spacial score (nSPS) is 15.4. The lowest BCUT2D eigenvalue weighted by molar-refractivity contribution is 0.100. The van der Waals surface area contributed by atoms with Gasteiger partial charge < -0.3 is 19.5 Å². The summed E-state index contributed by atoms with van der Waals surface area (Å²) in [6, 6.07) is 8.30. The van der Waals surface area contributed by atoms with Crippen LogP contribution in [-0.2, 0) is 4.74 Å². The van der Waals surface area contributed by atoms with E-state index in [0.717, 1.165) is 24.7 Å². The van der Waals surface area contributed by atoms with Crippen LogP contribution in [0.5, 0.6) is 11.5 Å². The van der Waals surface area contributed by atoms with Gasteiger partial charge in [-0.05, 0) is 37.1 Å². The van der Waals surface area contributed by atoms with E-state index >= 15 is 0 Å². The maximum atomic E-state index is 5.58. The lowest BCUT2D eigenvalue weighted by Crippen LogP contribution is -2.29. The van der Waals surface area contributed by atoms with Crippen LogP contribution in [0.1, 0.15) is 25.7 Å². The second-order valence-electron chi connectivity index (χ2n) is 5.07. The second kappa shape index (κ2) is 8.82. The molecule has 0 aliphatic heterocycles. The van der Waals surface area contributed by atoms with Crippen molar-refractivity contribution in [2.24, 2.45) is 0 Å². The molecule has 0 bridgehead atoms. The van der Waals surface area contributed by atoms with Crippen LogP contribution in [0.15, 0.2) is 24.3 Å². The number of rotatable bonds is 9. The molecule has 0 radical (unpaired) electrons. The van der Waals surface area contributed by atoms with Gasteiger partial charge in [-0.2, -0.15) is 0 Å². The average Bonchev–Trinajstić information content (AvgIpc) is 3.00. The van der Waals surface area contributed by atoms with E-state index in [0.29, 0.717) is 19.3 Å². The molecule has 1 fully saturated rings. The topological polar surface area (TPSA) is 39.7 Å². The van der Waals surface area contributed by atoms with Gasteiger partial charge in [0.25, 0.3) is 0 Å². The molecule has 0 saturated heterocycles. The first kappa shape index (κ1) is 15.1. The Morgan fingerprint density at radius 3 is 2.40 bits per heavy atom. The highest BCUT2D eigenvalue weighted by Crippen LogP contribution is 2.17. The largest absolute Gasteiger partial charge is 0.497 e. The molecule has 0 amide bonds. The zero-order valence-electron chi connectivity index (χ0n) is 12.3. The summed E-state index contributed by atoms with van der Waals surface area (Å²) in [7, 11) is 1.66. The van der Waals surface area contributed by atoms with Crippen LogP contribution >= 0.6 is 0 Å². The van der Waals surface area contributed by atoms with Crippen molar-refractivity contribution in [2.45, 2.75) is 31.7 Å². The molecule has 1 aliphatic carbocycles. The van der Waals surface area contributed by atoms with E-state index in [4.69, 9.17) is 14.2 Å². The molecule has 0 atom stereocenters. The molecule has 0 spiro atoms. The van der Waals surface area contributed by atoms with Crippen LogP contribution in [0.4, 0.5) is 0 Å². The number of ether oxygens (including phenoxy) is 3. The molecule has 112 valence electrons. The van der Waals surface area contributed by atoms with E-state index in [1.54, 1.807) is 7.11 Å². The summed E-state index contributed by atoms with van der Waals surface area (Å²) >= 11 is 0. The molecular formula is C16H25NO3. The molecule has 4 nitrogen and oxygen atoms in total. The van der Waals surface area contributed by atoms with Crippen molar-refractivity contribution >= 4 is 0 Å². The zero-order valence-corrected chi connectivity index (χ0v) is 12.3. The summed E-state index contributed by atoms with van der Waals surface area (Å²) in [4.78, 5) is 0. The third kappa shape index (κ3) is 5.39. The van der Waals surface area contributed by atoms with Gasteiger partial charge in [-0.25, -0.2) is 0 Å². The van der Waals surface area contributed by atoms with Crippen molar-refractivity contribution in [1.82, 2.24) is 5.32 Å². The van der Waals surface area contributed by atoms with Crippen molar-refractivity contribution in [3.05, 3.63) is 24.3 Å². The van der Waals surface area contributed by atoms with E-state index < -0.39 is 0 Å². The minimum atomic E-state index is 0.579. The molecule has 1 aromatic rings. The summed E-state index contributed by atoms with van der Waals surface area (Å²) in [6.45, 7) is 2.89. The van der Waals surface area contributed by atoms with Crippen LogP contribution in [0, 0.1) is 0 Å². The third-order valence-corrected chi connectivity index (χ3v) is 3.59. The average molecular weight is 279 g/mol. The highest BCUT2D eigenvalue weighted by molar-refractivity contribution is 5.31. The van der Waals surface area contributed by atoms with Gasteiger partial charge in [0.15, 0.2) is 0 Å². The maximum Gasteiger partial charge on any atom is 0.119 e. The van der Waals surface area contributed by atoms with E-state index in [-0.39, 0.29) is 0 Å². The standard InChI is InChI=1S/C16H25NO3/c1-18-15-6-8-16(9-7-15)20-13-12-19-11-10-17-14-4-2-3-5-14/h6-9,14,17H,2-5,10-13H2,1H3. The summed E-state index contributed by atoms with van der Waals surface area (Å²) in [5.41, 5.74) is 0. The van der Waals surface area contributed by atoms with Crippen LogP contribution < -0.4 is 14.8 Å². The highest BCUT2D eigenvalue weighted by atomic mass is 16.5. The molecule has 4 heteroatoms. The lowest BCUT2D eigenvalue weighted by atomic mass is 10.2. The molecule has 1 saturated carbocycles. The molecule has 1 aromatic carbocycles. The van der Waals surface area contributed by atoms with Crippen LogP contribution in [0.25, 0.3) is 0 Å². The van der Waals surface area contributed by atoms with E-state index in [9.17, 15) is 0 Å². The first-order chi connectivity index (χ1) is 9.88. The second-order valence-corrected chi connectivity index (χ2v) is 5.07. The molecule has 1 N–H and O–H groups in total. The molecule has 2 rings (SSSR count). The Hall–Kier alpha value is -1.26. The van der Waals surface area contributed by atoms with Gasteiger partial charge in [-0.3, -0.25) is 0 Å². The van der Waals surface area contributed by atoms with Gasteiger partial charge in [0.1, 0.15) is 18.1 Å². The fourth-order valence-corrected chi connectivity index (χ4v) is 2.46. The Labute approximate surface area is 121 Å². The summed E-state index contributed by atoms with van der Waals surface area (Å²) < 4.78 is 16.2. The Morgan fingerprint density at radius 1 is 1.00 bits per heavy atom. The fourth-order valence-electron chi connectivity index (χ4n) is 2.46. The van der Waals surface area contributed by atoms with Crippen molar-refractivity contribution < 1.29 is 14.2 Å². The zero-order chi connectivity index (χ0) is 14.0. The smallest absolute Gasteiger partial charge is 0.119 e.